The summed E-state index contributed by atoms with van der Waals surface area (Å²) in [5, 5.41) is 21.5. The second-order valence-corrected chi connectivity index (χ2v) is 12.8. The molecule has 0 saturated heterocycles. The van der Waals surface area contributed by atoms with Crippen LogP contribution in [0.15, 0.2) is 36.5 Å². The Kier molecular flexibility index (Phi) is 5.64. The molecule has 4 saturated carbocycles. The molecule has 1 aromatic carbocycles. The Hall–Kier alpha value is -2.21. The first-order valence-electron chi connectivity index (χ1n) is 13.8. The monoisotopic (exact) mass is 496 g/mol. The highest BCUT2D eigenvalue weighted by Crippen LogP contribution is 2.66. The lowest BCUT2D eigenvalue weighted by Crippen LogP contribution is -2.58. The summed E-state index contributed by atoms with van der Waals surface area (Å²) in [5.41, 5.74) is -1.35. The number of ketones is 1. The topological polar surface area (TPSA) is 70.6 Å². The number of alkyl halides is 1. The highest BCUT2D eigenvalue weighted by molar-refractivity contribution is 5.84. The normalized spacial score (nSPS) is 41.8. The quantitative estimate of drug-likeness (QED) is 0.438. The summed E-state index contributed by atoms with van der Waals surface area (Å²) < 4.78 is 23.5. The molecule has 1 aromatic heterocycles. The van der Waals surface area contributed by atoms with E-state index in [1.54, 1.807) is 18.3 Å². The Morgan fingerprint density at radius 2 is 1.92 bits per heavy atom. The lowest BCUT2D eigenvalue weighted by Gasteiger charge is -2.59. The minimum absolute atomic E-state index is 0.0229. The number of nitrogens with zero attached hydrogens (tertiary/aromatic N) is 1. The van der Waals surface area contributed by atoms with Crippen molar-refractivity contribution in [2.24, 2.45) is 35.0 Å². The number of Topliss-reactive ketones (excluding diaryl/α,β-unsaturated/α-hetero) is 1. The van der Waals surface area contributed by atoms with Gasteiger partial charge in [-0.2, -0.15) is 0 Å². The summed E-state index contributed by atoms with van der Waals surface area (Å²) >= 11 is 0. The number of carbonyl (C=O) groups excluding carboxylic acids is 1. The number of aromatic nitrogens is 1. The molecule has 4 aliphatic carbocycles. The Bertz CT molecular complexity index is 1180. The first-order chi connectivity index (χ1) is 17.1. The van der Waals surface area contributed by atoms with Crippen LogP contribution < -0.4 is 9.47 Å². The van der Waals surface area contributed by atoms with Crippen molar-refractivity contribution in [1.29, 1.82) is 0 Å². The van der Waals surface area contributed by atoms with E-state index >= 15 is 4.39 Å². The van der Waals surface area contributed by atoms with E-state index in [9.17, 15) is 15.1 Å². The van der Waals surface area contributed by atoms with Gasteiger partial charge in [-0.15, -0.1) is 0 Å². The zero-order chi connectivity index (χ0) is 25.3. The van der Waals surface area contributed by atoms with Crippen LogP contribution in [0.2, 0.25) is 0 Å². The smallest absolute Gasteiger partial charge is 0.268 e. The maximum Gasteiger partial charge on any atom is 0.268 e. The van der Waals surface area contributed by atoms with E-state index in [2.05, 4.69) is 6.92 Å². The van der Waals surface area contributed by atoms with Gasteiger partial charge in [0.1, 0.15) is 18.0 Å². The van der Waals surface area contributed by atoms with Crippen molar-refractivity contribution < 1.29 is 29.0 Å². The molecule has 0 spiro atoms. The molecule has 0 radical (unpaired) electrons. The van der Waals surface area contributed by atoms with Gasteiger partial charge in [0.25, 0.3) is 5.52 Å². The second kappa shape index (κ2) is 8.41. The largest absolute Gasteiger partial charge is 0.486 e. The molecule has 194 valence electrons. The van der Waals surface area contributed by atoms with Crippen LogP contribution in [0.1, 0.15) is 71.6 Å². The summed E-state index contributed by atoms with van der Waals surface area (Å²) in [4.78, 5) is 13.5. The van der Waals surface area contributed by atoms with Crippen LogP contribution in [0.4, 0.5) is 4.39 Å². The van der Waals surface area contributed by atoms with Crippen molar-refractivity contribution in [3.63, 3.8) is 0 Å². The Morgan fingerprint density at radius 3 is 2.75 bits per heavy atom. The van der Waals surface area contributed by atoms with Crippen LogP contribution in [0.5, 0.6) is 5.75 Å². The minimum atomic E-state index is -1.16. The number of hydrogen-bond donors (Lipinski definition) is 2. The van der Waals surface area contributed by atoms with Gasteiger partial charge in [-0.05, 0) is 112 Å². The number of hydrogen-bond acceptors (Lipinski definition) is 4. The van der Waals surface area contributed by atoms with Gasteiger partial charge in [-0.3, -0.25) is 10.0 Å². The van der Waals surface area contributed by atoms with Crippen LogP contribution in [-0.4, -0.2) is 34.0 Å². The molecule has 6 heteroatoms. The third kappa shape index (κ3) is 3.74. The predicted molar refractivity (Wildman–Crippen MR) is 133 cm³/mol. The Balaban J connectivity index is 1.15. The number of rotatable bonds is 4. The fourth-order valence-corrected chi connectivity index (χ4v) is 9.02. The van der Waals surface area contributed by atoms with Gasteiger partial charge >= 0.3 is 0 Å². The maximum atomic E-state index is 16.6. The molecule has 2 N–H and O–H groups in total. The maximum absolute atomic E-state index is 16.6. The highest BCUT2D eigenvalue weighted by Gasteiger charge is 2.63. The first kappa shape index (κ1) is 24.1. The lowest BCUT2D eigenvalue weighted by molar-refractivity contribution is -0.884. The summed E-state index contributed by atoms with van der Waals surface area (Å²) in [7, 11) is 0. The Morgan fingerprint density at radius 1 is 1.08 bits per heavy atom. The predicted octanol–water partition coefficient (Wildman–Crippen LogP) is 5.42. The molecule has 36 heavy (non-hydrogen) atoms. The van der Waals surface area contributed by atoms with Gasteiger partial charge in [0.2, 0.25) is 6.20 Å². The molecule has 0 amide bonds. The minimum Gasteiger partial charge on any atom is -0.486 e. The third-order valence-electron chi connectivity index (χ3n) is 10.8. The van der Waals surface area contributed by atoms with E-state index in [0.29, 0.717) is 42.4 Å². The third-order valence-corrected chi connectivity index (χ3v) is 10.8. The molecule has 0 bridgehead atoms. The number of fused-ring (bicyclic) bond motifs is 6. The number of benzene rings is 1. The van der Waals surface area contributed by atoms with E-state index in [0.717, 1.165) is 48.6 Å². The molecule has 8 atom stereocenters. The second-order valence-electron chi connectivity index (χ2n) is 12.8. The van der Waals surface area contributed by atoms with E-state index in [1.807, 2.05) is 25.1 Å². The molecule has 5 nitrogen and oxygen atoms in total. The Labute approximate surface area is 212 Å². The SMILES string of the molecule is C[C@@]1(O)CC[C@@]2(F)[C@H](CC[C@H]3[C@@H]4CC[C@H](C(=O)COc5ccc6ccc[n+](O)c6c5)[C@@]4(C)CC[C@@H]32)C1. The average Bonchev–Trinajstić information content (AvgIpc) is 3.20. The summed E-state index contributed by atoms with van der Waals surface area (Å²) in [6.45, 7) is 4.16. The molecule has 1 heterocycles. The number of aliphatic hydroxyl groups is 1. The average molecular weight is 497 g/mol. The summed E-state index contributed by atoms with van der Waals surface area (Å²) in [5.74, 6) is 1.42. The zero-order valence-electron chi connectivity index (χ0n) is 21.5. The van der Waals surface area contributed by atoms with E-state index < -0.39 is 11.3 Å². The van der Waals surface area contributed by atoms with Crippen molar-refractivity contribution in [3.8, 4) is 5.75 Å². The number of halogens is 1. The van der Waals surface area contributed by atoms with Crippen molar-refractivity contribution in [2.75, 3.05) is 6.61 Å². The molecule has 6 rings (SSSR count). The number of pyridine rings is 1. The number of carbonyl (C=O) groups is 1. The molecular formula is C30H39FNO4+. The van der Waals surface area contributed by atoms with Crippen molar-refractivity contribution >= 4 is 16.7 Å². The molecular weight excluding hydrogens is 457 g/mol. The summed E-state index contributed by atoms with van der Waals surface area (Å²) in [6.07, 6.45) is 8.65. The lowest BCUT2D eigenvalue weighted by atomic mass is 9.48. The molecule has 4 aliphatic rings. The van der Waals surface area contributed by atoms with Gasteiger partial charge in [0.05, 0.1) is 17.1 Å². The molecule has 0 unspecified atom stereocenters. The van der Waals surface area contributed by atoms with E-state index in [1.165, 1.54) is 0 Å². The summed E-state index contributed by atoms with van der Waals surface area (Å²) in [6, 6.07) is 9.16. The molecule has 0 aliphatic heterocycles. The van der Waals surface area contributed by atoms with Crippen molar-refractivity contribution in [3.05, 3.63) is 36.5 Å². The van der Waals surface area contributed by atoms with Gasteiger partial charge in [-0.1, -0.05) is 6.92 Å². The van der Waals surface area contributed by atoms with E-state index in [-0.39, 0.29) is 35.6 Å². The zero-order valence-corrected chi connectivity index (χ0v) is 21.5. The van der Waals surface area contributed by atoms with Crippen LogP contribution >= 0.6 is 0 Å². The van der Waals surface area contributed by atoms with Gasteiger partial charge in [0, 0.05) is 16.7 Å². The van der Waals surface area contributed by atoms with Gasteiger partial charge in [-0.25, -0.2) is 4.39 Å². The van der Waals surface area contributed by atoms with E-state index in [4.69, 9.17) is 4.74 Å². The highest BCUT2D eigenvalue weighted by atomic mass is 19.1. The van der Waals surface area contributed by atoms with Gasteiger partial charge in [0.15, 0.2) is 5.78 Å². The first-order valence-corrected chi connectivity index (χ1v) is 13.8. The van der Waals surface area contributed by atoms with Crippen molar-refractivity contribution in [2.45, 2.75) is 82.9 Å². The van der Waals surface area contributed by atoms with Gasteiger partial charge < -0.3 is 9.84 Å². The van der Waals surface area contributed by atoms with Crippen LogP contribution in [-0.2, 0) is 4.79 Å². The van der Waals surface area contributed by atoms with Crippen LogP contribution in [0.25, 0.3) is 10.9 Å². The standard InChI is InChI=1S/C30H39FNO4/c1-28(34)13-14-30(31)20(17-28)6-8-22-23-9-10-25(29(23,2)12-11-24(22)30)27(33)18-36-21-7-5-19-4-3-15-32(35)26(19)16-21/h3-5,7,15-16,20,22-25,34-35H,6,8-14,17-18H2,1-2H3/q+1/t20-,22+,23+,24+,25-,28-,29+,30-/m1/s1. The fraction of sp³-hybridized carbons (Fsp3) is 0.667. The molecule has 2 aromatic rings. The van der Waals surface area contributed by atoms with Crippen LogP contribution in [0.3, 0.4) is 0 Å². The molecule has 4 fully saturated rings. The van der Waals surface area contributed by atoms with Crippen molar-refractivity contribution in [1.82, 2.24) is 0 Å². The number of ether oxygens (including phenoxy) is 1. The van der Waals surface area contributed by atoms with Crippen LogP contribution in [0, 0.1) is 35.0 Å². The fourth-order valence-electron chi connectivity index (χ4n) is 9.02.